The summed E-state index contributed by atoms with van der Waals surface area (Å²) in [6.45, 7) is 1.31. The number of aromatic nitrogens is 4. The molecule has 4 aromatic heterocycles. The second kappa shape index (κ2) is 21.6. The van der Waals surface area contributed by atoms with Crippen LogP contribution in [0.15, 0.2) is 203 Å². The van der Waals surface area contributed by atoms with Crippen molar-refractivity contribution in [2.24, 2.45) is 20.5 Å². The predicted octanol–water partition coefficient (Wildman–Crippen LogP) is 12.5. The summed E-state index contributed by atoms with van der Waals surface area (Å²) in [4.78, 5) is 47.3. The van der Waals surface area contributed by atoms with E-state index in [9.17, 15) is 30.0 Å². The number of phenols is 2. The molecule has 0 fully saturated rings. The molecule has 6 aromatic carbocycles. The highest BCUT2D eigenvalue weighted by Crippen LogP contribution is 2.43. The van der Waals surface area contributed by atoms with E-state index in [0.29, 0.717) is 92.4 Å². The summed E-state index contributed by atoms with van der Waals surface area (Å²) in [7, 11) is 0. The first-order valence-electron chi connectivity index (χ1n) is 23.7. The van der Waals surface area contributed by atoms with Gasteiger partial charge in [0.2, 0.25) is 0 Å². The standard InChI is InChI=1S/C58H46N12O6/c59-38-18-20-52(50(29-38)66-68-54-45-16-4-2-11-36(45)28-47(56(54)72)58(75)76)70(32-41-13-6-8-24-62-41)33-42-14-9-17-49(64-42)37-22-25-63-43(26-37)34-69(31-40-12-5-7-23-61-40)51-21-19-39(30-48(51)60)65-67-53-44-15-3-1-10-35(44)27-46(55(53)71)57(73)74/h1-30,71-72H,31-34,59-60H2,(H,73,74)(H,75,76). The van der Waals surface area contributed by atoms with Crippen molar-refractivity contribution in [1.29, 1.82) is 0 Å². The number of nitrogen functional groups attached to an aromatic ring is 2. The van der Waals surface area contributed by atoms with Crippen LogP contribution in [-0.4, -0.2) is 52.3 Å². The molecule has 18 nitrogen and oxygen atoms in total. The van der Waals surface area contributed by atoms with Gasteiger partial charge in [-0.15, -0.1) is 15.3 Å². The molecule has 8 N–H and O–H groups in total. The van der Waals surface area contributed by atoms with E-state index in [1.807, 2.05) is 88.7 Å². The average Bonchev–Trinajstić information content (AvgIpc) is 3.43. The Bertz CT molecular complexity index is 3880. The molecular formula is C58H46N12O6. The topological polar surface area (TPSA) is 275 Å². The van der Waals surface area contributed by atoms with Crippen molar-refractivity contribution in [2.75, 3.05) is 21.3 Å². The number of aromatic hydroxyl groups is 2. The third-order valence-corrected chi connectivity index (χ3v) is 12.4. The van der Waals surface area contributed by atoms with Gasteiger partial charge in [-0.25, -0.2) is 9.59 Å². The van der Waals surface area contributed by atoms with E-state index in [2.05, 4.69) is 30.4 Å². The molecule has 0 spiro atoms. The lowest BCUT2D eigenvalue weighted by Crippen LogP contribution is -2.24. The molecule has 374 valence electrons. The summed E-state index contributed by atoms with van der Waals surface area (Å²) in [6, 6.07) is 48.3. The zero-order chi connectivity index (χ0) is 52.7. The van der Waals surface area contributed by atoms with Gasteiger partial charge in [-0.05, 0) is 108 Å². The number of nitrogens with two attached hydrogens (primary N) is 2. The maximum atomic E-state index is 12.1. The normalized spacial score (nSPS) is 11.4. The Morgan fingerprint density at radius 2 is 1.03 bits per heavy atom. The molecule has 0 aliphatic heterocycles. The van der Waals surface area contributed by atoms with Gasteiger partial charge in [0.25, 0.3) is 0 Å². The molecule has 10 rings (SSSR count). The highest BCUT2D eigenvalue weighted by molar-refractivity contribution is 6.05. The first kappa shape index (κ1) is 49.0. The van der Waals surface area contributed by atoms with E-state index < -0.39 is 23.4 Å². The van der Waals surface area contributed by atoms with Crippen molar-refractivity contribution in [1.82, 2.24) is 19.9 Å². The molecule has 0 atom stereocenters. The van der Waals surface area contributed by atoms with Gasteiger partial charge in [-0.1, -0.05) is 66.7 Å². The van der Waals surface area contributed by atoms with E-state index in [1.54, 1.807) is 91.4 Å². The lowest BCUT2D eigenvalue weighted by Gasteiger charge is -2.26. The number of carbonyl (C=O) groups is 2. The van der Waals surface area contributed by atoms with E-state index in [1.165, 1.54) is 12.1 Å². The second-order valence-corrected chi connectivity index (χ2v) is 17.6. The average molecular weight is 1010 g/mol. The molecule has 10 aromatic rings. The van der Waals surface area contributed by atoms with Gasteiger partial charge >= 0.3 is 11.9 Å². The van der Waals surface area contributed by atoms with Crippen LogP contribution in [0.5, 0.6) is 11.5 Å². The van der Waals surface area contributed by atoms with Crippen molar-refractivity contribution < 1.29 is 30.0 Å². The highest BCUT2D eigenvalue weighted by Gasteiger charge is 2.22. The number of fused-ring (bicyclic) bond motifs is 2. The first-order valence-corrected chi connectivity index (χ1v) is 23.7. The Kier molecular flexibility index (Phi) is 13.9. The number of aromatic carboxylic acids is 2. The molecule has 0 saturated heterocycles. The van der Waals surface area contributed by atoms with Gasteiger partial charge in [-0.2, -0.15) is 5.11 Å². The first-order chi connectivity index (χ1) is 36.9. The minimum absolute atomic E-state index is 0.00556. The zero-order valence-electron chi connectivity index (χ0n) is 40.4. The number of hydrogen-bond donors (Lipinski definition) is 6. The molecule has 0 bridgehead atoms. The molecule has 4 heterocycles. The number of carboxylic acids is 2. The molecular weight excluding hydrogens is 961 g/mol. The Hall–Kier alpha value is -10.6. The van der Waals surface area contributed by atoms with Crippen LogP contribution in [0, 0.1) is 0 Å². The van der Waals surface area contributed by atoms with E-state index in [4.69, 9.17) is 21.4 Å². The van der Waals surface area contributed by atoms with E-state index >= 15 is 0 Å². The lowest BCUT2D eigenvalue weighted by atomic mass is 10.0. The van der Waals surface area contributed by atoms with Crippen LogP contribution in [0.2, 0.25) is 0 Å². The number of pyridine rings is 4. The molecule has 0 aliphatic rings. The quantitative estimate of drug-likeness (QED) is 0.0366. The number of benzene rings is 6. The summed E-state index contributed by atoms with van der Waals surface area (Å²) < 4.78 is 0. The maximum Gasteiger partial charge on any atom is 0.339 e. The number of anilines is 4. The van der Waals surface area contributed by atoms with Crippen molar-refractivity contribution in [2.45, 2.75) is 26.2 Å². The van der Waals surface area contributed by atoms with Gasteiger partial charge in [-0.3, -0.25) is 19.9 Å². The van der Waals surface area contributed by atoms with Crippen LogP contribution < -0.4 is 21.3 Å². The Morgan fingerprint density at radius 1 is 0.487 bits per heavy atom. The second-order valence-electron chi connectivity index (χ2n) is 17.6. The van der Waals surface area contributed by atoms with Crippen LogP contribution in [0.3, 0.4) is 0 Å². The van der Waals surface area contributed by atoms with E-state index in [0.717, 1.165) is 17.0 Å². The third kappa shape index (κ3) is 10.8. The van der Waals surface area contributed by atoms with Gasteiger partial charge < -0.3 is 41.7 Å². The van der Waals surface area contributed by atoms with Crippen LogP contribution in [0.4, 0.5) is 45.5 Å². The van der Waals surface area contributed by atoms with Crippen LogP contribution in [0.1, 0.15) is 43.5 Å². The van der Waals surface area contributed by atoms with Gasteiger partial charge in [0.15, 0.2) is 11.5 Å². The van der Waals surface area contributed by atoms with Crippen LogP contribution in [0.25, 0.3) is 32.8 Å². The molecule has 0 aliphatic carbocycles. The number of rotatable bonds is 17. The van der Waals surface area contributed by atoms with Crippen LogP contribution in [-0.2, 0) is 26.2 Å². The van der Waals surface area contributed by atoms with Gasteiger partial charge in [0, 0.05) is 40.6 Å². The van der Waals surface area contributed by atoms with Crippen molar-refractivity contribution in [3.63, 3.8) is 0 Å². The summed E-state index contributed by atoms with van der Waals surface area (Å²) in [5.41, 5.74) is 19.9. The Labute approximate surface area is 434 Å². The molecule has 76 heavy (non-hydrogen) atoms. The fourth-order valence-corrected chi connectivity index (χ4v) is 8.83. The minimum atomic E-state index is -1.30. The molecule has 0 saturated carbocycles. The fourth-order valence-electron chi connectivity index (χ4n) is 8.83. The largest absolute Gasteiger partial charge is 0.505 e. The van der Waals surface area contributed by atoms with Crippen molar-refractivity contribution in [3.8, 4) is 22.8 Å². The molecule has 0 amide bonds. The Balaban J connectivity index is 0.944. The smallest absolute Gasteiger partial charge is 0.339 e. The number of azo groups is 2. The maximum absolute atomic E-state index is 12.1. The van der Waals surface area contributed by atoms with Crippen LogP contribution >= 0.6 is 0 Å². The van der Waals surface area contributed by atoms with Crippen molar-refractivity contribution in [3.05, 3.63) is 216 Å². The summed E-state index contributed by atoms with van der Waals surface area (Å²) >= 11 is 0. The number of hydrogen-bond acceptors (Lipinski definition) is 16. The Morgan fingerprint density at radius 3 is 1.63 bits per heavy atom. The summed E-state index contributed by atoms with van der Waals surface area (Å²) in [5.74, 6) is -3.59. The lowest BCUT2D eigenvalue weighted by molar-refractivity contribution is 0.0682. The van der Waals surface area contributed by atoms with Gasteiger partial charge in [0.05, 0.1) is 77.4 Å². The monoisotopic (exact) mass is 1010 g/mol. The van der Waals surface area contributed by atoms with Crippen molar-refractivity contribution >= 4 is 79.0 Å². The SMILES string of the molecule is Nc1ccc(N(Cc2ccccn2)Cc2cccc(-c3ccnc(CN(Cc4ccccn4)c4ccc(N=Nc5c(O)c(C(=O)O)cc6ccccc56)cc4N)c3)n2)c(N=Nc2c(O)c(C(=O)O)cc3ccccc23)c1. The number of nitrogens with zero attached hydrogens (tertiary/aromatic N) is 10. The molecule has 18 heteroatoms. The summed E-state index contributed by atoms with van der Waals surface area (Å²) in [6.07, 6.45) is 5.17. The fraction of sp³-hybridized carbons (Fsp3) is 0.0690. The molecule has 0 radical (unpaired) electrons. The van der Waals surface area contributed by atoms with Gasteiger partial charge in [0.1, 0.15) is 28.2 Å². The highest BCUT2D eigenvalue weighted by atomic mass is 16.4. The summed E-state index contributed by atoms with van der Waals surface area (Å²) in [5, 5.41) is 61.7. The zero-order valence-corrected chi connectivity index (χ0v) is 40.4. The minimum Gasteiger partial charge on any atom is -0.505 e. The number of carboxylic acid groups (broad SMARTS) is 2. The molecule has 0 unspecified atom stereocenters. The predicted molar refractivity (Wildman–Crippen MR) is 291 cm³/mol. The third-order valence-electron chi connectivity index (χ3n) is 12.4. The van der Waals surface area contributed by atoms with E-state index in [-0.39, 0.29) is 29.0 Å².